The monoisotopic (exact) mass is 277 g/mol. The molecule has 3 N–H and O–H groups in total. The van der Waals surface area contributed by atoms with Crippen LogP contribution in [0.5, 0.6) is 0 Å². The summed E-state index contributed by atoms with van der Waals surface area (Å²) in [6.07, 6.45) is 0.273. The van der Waals surface area contributed by atoms with Gasteiger partial charge in [-0.15, -0.1) is 11.3 Å². The van der Waals surface area contributed by atoms with E-state index in [1.807, 2.05) is 13.8 Å². The molecule has 0 spiro atoms. The fourth-order valence-corrected chi connectivity index (χ4v) is 3.99. The Bertz CT molecular complexity index is 465. The van der Waals surface area contributed by atoms with Crippen molar-refractivity contribution < 1.29 is 13.5 Å². The fourth-order valence-electron chi connectivity index (χ4n) is 2.08. The molecule has 0 aromatic carbocycles. The second-order valence-electron chi connectivity index (χ2n) is 4.36. The lowest BCUT2D eigenvalue weighted by Gasteiger charge is -2.26. The number of aliphatic hydroxyl groups excluding tert-OH is 1. The first-order chi connectivity index (χ1) is 7.79. The van der Waals surface area contributed by atoms with Crippen LogP contribution in [0.3, 0.4) is 0 Å². The van der Waals surface area contributed by atoms with Gasteiger partial charge in [-0.25, -0.2) is 13.6 Å². The minimum absolute atomic E-state index is 0.170. The Morgan fingerprint density at radius 2 is 2.06 bits per heavy atom. The van der Waals surface area contributed by atoms with Crippen molar-refractivity contribution in [1.82, 2.24) is 0 Å². The maximum atomic E-state index is 11.5. The third-order valence-electron chi connectivity index (χ3n) is 3.05. The van der Waals surface area contributed by atoms with Gasteiger partial charge in [0.15, 0.2) is 0 Å². The van der Waals surface area contributed by atoms with Crippen LogP contribution in [0.4, 0.5) is 0 Å². The maximum Gasteiger partial charge on any atom is 0.247 e. The summed E-state index contributed by atoms with van der Waals surface area (Å²) in [5, 5.41) is 16.7. The van der Waals surface area contributed by atoms with Crippen LogP contribution >= 0.6 is 11.3 Å². The van der Waals surface area contributed by atoms with E-state index >= 15 is 0 Å². The van der Waals surface area contributed by atoms with Crippen LogP contribution in [0.15, 0.2) is 15.7 Å². The first kappa shape index (κ1) is 14.6. The van der Waals surface area contributed by atoms with Crippen molar-refractivity contribution in [1.29, 1.82) is 0 Å². The molecule has 1 aromatic heterocycles. The van der Waals surface area contributed by atoms with E-state index in [-0.39, 0.29) is 16.0 Å². The minimum atomic E-state index is -3.70. The molecule has 4 nitrogen and oxygen atoms in total. The van der Waals surface area contributed by atoms with Crippen molar-refractivity contribution in [3.63, 3.8) is 0 Å². The van der Waals surface area contributed by atoms with Crippen LogP contribution in [0.1, 0.15) is 38.7 Å². The van der Waals surface area contributed by atoms with Crippen LogP contribution in [-0.2, 0) is 10.0 Å². The quantitative estimate of drug-likeness (QED) is 0.862. The van der Waals surface area contributed by atoms with Gasteiger partial charge in [0, 0.05) is 5.92 Å². The van der Waals surface area contributed by atoms with Crippen LogP contribution in [0.2, 0.25) is 0 Å². The van der Waals surface area contributed by atoms with Gasteiger partial charge in [-0.05, 0) is 29.9 Å². The molecule has 0 amide bonds. The number of thiophene rings is 1. The molecule has 0 aliphatic carbocycles. The largest absolute Gasteiger partial charge is 0.393 e. The zero-order valence-corrected chi connectivity index (χ0v) is 11.9. The Kier molecular flexibility index (Phi) is 4.71. The standard InChI is InChI=1S/C11H19NO3S2/c1-4-7(2)10(8(3)13)9-5-6-16-11(9)17(12,14)15/h5-8,10,13H,4H2,1-3H3,(H2,12,14,15)/t7-,8-,10+/m0/s1. The zero-order chi connectivity index (χ0) is 13.2. The summed E-state index contributed by atoms with van der Waals surface area (Å²) in [4.78, 5) is 0. The average Bonchev–Trinajstić information content (AvgIpc) is 2.65. The first-order valence-corrected chi connectivity index (χ1v) is 7.99. The van der Waals surface area contributed by atoms with E-state index in [9.17, 15) is 13.5 Å². The smallest absolute Gasteiger partial charge is 0.247 e. The Hall–Kier alpha value is -0.430. The van der Waals surface area contributed by atoms with Gasteiger partial charge in [0.25, 0.3) is 0 Å². The highest BCUT2D eigenvalue weighted by Crippen LogP contribution is 2.36. The normalized spacial score (nSPS) is 17.7. The summed E-state index contributed by atoms with van der Waals surface area (Å²) in [6, 6.07) is 1.74. The number of nitrogens with two attached hydrogens (primary N) is 1. The molecule has 0 aliphatic rings. The van der Waals surface area contributed by atoms with Crippen LogP contribution in [0, 0.1) is 5.92 Å². The summed E-state index contributed by atoms with van der Waals surface area (Å²) in [5.41, 5.74) is 0.641. The van der Waals surface area contributed by atoms with E-state index in [2.05, 4.69) is 0 Å². The molecule has 0 radical (unpaired) electrons. The Labute approximate surface area is 107 Å². The highest BCUT2D eigenvalue weighted by atomic mass is 32.2. The highest BCUT2D eigenvalue weighted by molar-refractivity contribution is 7.91. The summed E-state index contributed by atoms with van der Waals surface area (Å²) in [7, 11) is -3.70. The van der Waals surface area contributed by atoms with Crippen molar-refractivity contribution in [2.45, 2.75) is 43.4 Å². The Morgan fingerprint density at radius 1 is 1.47 bits per heavy atom. The summed E-state index contributed by atoms with van der Waals surface area (Å²) in [5.74, 6) is 0.00433. The fraction of sp³-hybridized carbons (Fsp3) is 0.636. The number of hydrogen-bond donors (Lipinski definition) is 2. The number of rotatable bonds is 5. The van der Waals surface area contributed by atoms with Gasteiger partial charge in [-0.3, -0.25) is 0 Å². The molecule has 0 saturated carbocycles. The predicted molar refractivity (Wildman–Crippen MR) is 69.6 cm³/mol. The summed E-state index contributed by atoms with van der Waals surface area (Å²) < 4.78 is 23.1. The maximum absolute atomic E-state index is 11.5. The highest BCUT2D eigenvalue weighted by Gasteiger charge is 2.29. The molecule has 0 fully saturated rings. The molecule has 0 bridgehead atoms. The van der Waals surface area contributed by atoms with Gasteiger partial charge in [0.05, 0.1) is 6.10 Å². The SMILES string of the molecule is CC[C@H](C)[C@@H](c1ccsc1S(N)(=O)=O)[C@H](C)O. The van der Waals surface area contributed by atoms with Gasteiger partial charge in [-0.1, -0.05) is 20.3 Å². The first-order valence-electron chi connectivity index (χ1n) is 5.57. The lowest BCUT2D eigenvalue weighted by Crippen LogP contribution is -2.24. The number of hydrogen-bond acceptors (Lipinski definition) is 4. The van der Waals surface area contributed by atoms with Crippen molar-refractivity contribution in [3.8, 4) is 0 Å². The molecule has 0 saturated heterocycles. The molecule has 1 rings (SSSR count). The molecular weight excluding hydrogens is 258 g/mol. The van der Waals surface area contributed by atoms with Gasteiger partial charge in [-0.2, -0.15) is 0 Å². The molecule has 98 valence electrons. The van der Waals surface area contributed by atoms with Crippen molar-refractivity contribution >= 4 is 21.4 Å². The molecule has 0 unspecified atom stereocenters. The Balaban J connectivity index is 3.26. The van der Waals surface area contributed by atoms with Crippen molar-refractivity contribution in [2.75, 3.05) is 0 Å². The molecule has 3 atom stereocenters. The predicted octanol–water partition coefficient (Wildman–Crippen LogP) is 1.91. The molecule has 1 aromatic rings. The van der Waals surface area contributed by atoms with E-state index < -0.39 is 16.1 Å². The number of aliphatic hydroxyl groups is 1. The lowest BCUT2D eigenvalue weighted by molar-refractivity contribution is 0.133. The summed E-state index contributed by atoms with van der Waals surface area (Å²) in [6.45, 7) is 5.70. The van der Waals surface area contributed by atoms with E-state index in [0.29, 0.717) is 5.56 Å². The average molecular weight is 277 g/mol. The minimum Gasteiger partial charge on any atom is -0.393 e. The van der Waals surface area contributed by atoms with Gasteiger partial charge >= 0.3 is 0 Å². The molecule has 6 heteroatoms. The lowest BCUT2D eigenvalue weighted by atomic mass is 9.83. The number of sulfonamides is 1. The molecular formula is C11H19NO3S2. The zero-order valence-electron chi connectivity index (χ0n) is 10.3. The van der Waals surface area contributed by atoms with Gasteiger partial charge < -0.3 is 5.11 Å². The van der Waals surface area contributed by atoms with E-state index in [1.165, 1.54) is 0 Å². The number of primary sulfonamides is 1. The molecule has 1 heterocycles. The van der Waals surface area contributed by atoms with Crippen LogP contribution in [-0.4, -0.2) is 19.6 Å². The van der Waals surface area contributed by atoms with E-state index in [1.54, 1.807) is 18.4 Å². The topological polar surface area (TPSA) is 80.4 Å². The van der Waals surface area contributed by atoms with Crippen LogP contribution < -0.4 is 5.14 Å². The van der Waals surface area contributed by atoms with Crippen LogP contribution in [0.25, 0.3) is 0 Å². The molecule has 17 heavy (non-hydrogen) atoms. The molecule has 0 aliphatic heterocycles. The second kappa shape index (κ2) is 5.48. The van der Waals surface area contributed by atoms with Gasteiger partial charge in [0.2, 0.25) is 10.0 Å². The second-order valence-corrected chi connectivity index (χ2v) is 7.03. The van der Waals surface area contributed by atoms with Gasteiger partial charge in [0.1, 0.15) is 4.21 Å². The Morgan fingerprint density at radius 3 is 2.47 bits per heavy atom. The van der Waals surface area contributed by atoms with Crippen molar-refractivity contribution in [3.05, 3.63) is 17.0 Å². The third-order valence-corrected chi connectivity index (χ3v) is 5.51. The third kappa shape index (κ3) is 3.28. The van der Waals surface area contributed by atoms with E-state index in [4.69, 9.17) is 5.14 Å². The van der Waals surface area contributed by atoms with Crippen molar-refractivity contribution in [2.24, 2.45) is 11.1 Å². The van der Waals surface area contributed by atoms with E-state index in [0.717, 1.165) is 17.8 Å². The summed E-state index contributed by atoms with van der Waals surface area (Å²) >= 11 is 1.11.